The number of carbonyl (C=O) groups excluding carboxylic acids is 1. The summed E-state index contributed by atoms with van der Waals surface area (Å²) in [6.07, 6.45) is 0. The highest BCUT2D eigenvalue weighted by Crippen LogP contribution is 2.33. The largest absolute Gasteiger partial charge is 0.503 e. The van der Waals surface area contributed by atoms with Crippen LogP contribution in [0.1, 0.15) is 13.8 Å². The molecule has 1 atom stereocenters. The number of phenolic OH excluding ortho intramolecular Hbond substituents is 1. The SMILES string of the molecule is COc1cccc(NC(=O)C(Br)C(C)C)c1O. The lowest BCUT2D eigenvalue weighted by Crippen LogP contribution is -2.27. The number of methoxy groups -OCH3 is 1. The predicted molar refractivity (Wildman–Crippen MR) is 70.8 cm³/mol. The first-order chi connectivity index (χ1) is 7.97. The molecule has 4 nitrogen and oxygen atoms in total. The number of nitrogens with one attached hydrogen (secondary N) is 1. The third kappa shape index (κ3) is 3.36. The Hall–Kier alpha value is -1.23. The summed E-state index contributed by atoms with van der Waals surface area (Å²) in [6, 6.07) is 4.95. The van der Waals surface area contributed by atoms with Gasteiger partial charge in [-0.1, -0.05) is 35.8 Å². The Morgan fingerprint density at radius 3 is 2.65 bits per heavy atom. The molecular formula is C12H16BrNO3. The number of anilines is 1. The van der Waals surface area contributed by atoms with Gasteiger partial charge in [-0.3, -0.25) is 4.79 Å². The minimum Gasteiger partial charge on any atom is -0.503 e. The van der Waals surface area contributed by atoms with Crippen LogP contribution in [-0.2, 0) is 4.79 Å². The minimum absolute atomic E-state index is 0.0631. The van der Waals surface area contributed by atoms with Crippen LogP contribution in [0.25, 0.3) is 0 Å². The highest BCUT2D eigenvalue weighted by atomic mass is 79.9. The Morgan fingerprint density at radius 1 is 1.47 bits per heavy atom. The highest BCUT2D eigenvalue weighted by molar-refractivity contribution is 9.10. The number of hydrogen-bond donors (Lipinski definition) is 2. The monoisotopic (exact) mass is 301 g/mol. The standard InChI is InChI=1S/C12H16BrNO3/c1-7(2)10(13)12(16)14-8-5-4-6-9(17-3)11(8)15/h4-7,10,15H,1-3H3,(H,14,16). The molecule has 1 rings (SSSR count). The van der Waals surface area contributed by atoms with E-state index in [0.29, 0.717) is 11.4 Å². The van der Waals surface area contributed by atoms with Crippen LogP contribution in [0, 0.1) is 5.92 Å². The molecule has 17 heavy (non-hydrogen) atoms. The van der Waals surface area contributed by atoms with Gasteiger partial charge in [0.2, 0.25) is 5.91 Å². The molecule has 0 aliphatic heterocycles. The zero-order valence-electron chi connectivity index (χ0n) is 10.0. The Kier molecular flexibility index (Phi) is 4.81. The molecule has 5 heteroatoms. The number of alkyl halides is 1. The quantitative estimate of drug-likeness (QED) is 0.664. The molecule has 0 fully saturated rings. The van der Waals surface area contributed by atoms with Crippen molar-refractivity contribution in [1.29, 1.82) is 0 Å². The zero-order chi connectivity index (χ0) is 13.0. The van der Waals surface area contributed by atoms with Crippen molar-refractivity contribution in [2.75, 3.05) is 12.4 Å². The van der Waals surface area contributed by atoms with Gasteiger partial charge in [0.25, 0.3) is 0 Å². The van der Waals surface area contributed by atoms with Crippen molar-refractivity contribution in [3.63, 3.8) is 0 Å². The topological polar surface area (TPSA) is 58.6 Å². The van der Waals surface area contributed by atoms with Crippen molar-refractivity contribution in [2.24, 2.45) is 5.92 Å². The predicted octanol–water partition coefficient (Wildman–Crippen LogP) is 2.76. The number of aromatic hydroxyl groups is 1. The Morgan fingerprint density at radius 2 is 2.12 bits per heavy atom. The van der Waals surface area contributed by atoms with E-state index in [9.17, 15) is 9.90 Å². The van der Waals surface area contributed by atoms with Gasteiger partial charge >= 0.3 is 0 Å². The van der Waals surface area contributed by atoms with E-state index in [2.05, 4.69) is 21.2 Å². The summed E-state index contributed by atoms with van der Waals surface area (Å²) < 4.78 is 4.96. The molecule has 0 saturated carbocycles. The third-order valence-electron chi connectivity index (χ3n) is 2.31. The number of rotatable bonds is 4. The molecule has 1 aromatic rings. The van der Waals surface area contributed by atoms with E-state index in [0.717, 1.165) is 0 Å². The van der Waals surface area contributed by atoms with Crippen molar-refractivity contribution in [1.82, 2.24) is 0 Å². The molecule has 1 unspecified atom stereocenters. The van der Waals surface area contributed by atoms with Gasteiger partial charge in [0.1, 0.15) is 0 Å². The van der Waals surface area contributed by atoms with E-state index in [1.54, 1.807) is 18.2 Å². The summed E-state index contributed by atoms with van der Waals surface area (Å²) in [5, 5.41) is 12.5. The Bertz CT molecular complexity index is 407. The second kappa shape index (κ2) is 5.91. The number of ether oxygens (including phenoxy) is 1. The van der Waals surface area contributed by atoms with E-state index in [-0.39, 0.29) is 22.4 Å². The summed E-state index contributed by atoms with van der Waals surface area (Å²) in [6.45, 7) is 3.87. The van der Waals surface area contributed by atoms with Crippen molar-refractivity contribution < 1.29 is 14.6 Å². The van der Waals surface area contributed by atoms with Gasteiger partial charge in [-0.15, -0.1) is 0 Å². The number of halogens is 1. The highest BCUT2D eigenvalue weighted by Gasteiger charge is 2.20. The Labute approximate surface area is 109 Å². The summed E-state index contributed by atoms with van der Waals surface area (Å²) in [5.74, 6) is 0.247. The number of amides is 1. The van der Waals surface area contributed by atoms with Crippen LogP contribution in [0.4, 0.5) is 5.69 Å². The van der Waals surface area contributed by atoms with E-state index in [1.165, 1.54) is 7.11 Å². The van der Waals surface area contributed by atoms with Crippen LogP contribution in [0.3, 0.4) is 0 Å². The molecule has 0 aromatic heterocycles. The average Bonchev–Trinajstić information content (AvgIpc) is 2.30. The van der Waals surface area contributed by atoms with Crippen LogP contribution in [0.15, 0.2) is 18.2 Å². The summed E-state index contributed by atoms with van der Waals surface area (Å²) in [4.78, 5) is 11.5. The molecule has 0 aliphatic rings. The van der Waals surface area contributed by atoms with Gasteiger partial charge in [0.15, 0.2) is 11.5 Å². The van der Waals surface area contributed by atoms with Crippen LogP contribution in [-0.4, -0.2) is 23.0 Å². The second-order valence-electron chi connectivity index (χ2n) is 3.99. The number of hydrogen-bond acceptors (Lipinski definition) is 3. The van der Waals surface area contributed by atoms with Gasteiger partial charge in [-0.05, 0) is 18.1 Å². The third-order valence-corrected chi connectivity index (χ3v) is 3.79. The minimum atomic E-state index is -0.298. The molecule has 1 aromatic carbocycles. The lowest BCUT2D eigenvalue weighted by Gasteiger charge is -2.15. The van der Waals surface area contributed by atoms with Gasteiger partial charge in [-0.25, -0.2) is 0 Å². The number of para-hydroxylation sites is 1. The number of carbonyl (C=O) groups is 1. The van der Waals surface area contributed by atoms with E-state index in [1.807, 2.05) is 13.8 Å². The lowest BCUT2D eigenvalue weighted by molar-refractivity contribution is -0.116. The van der Waals surface area contributed by atoms with Gasteiger partial charge < -0.3 is 15.2 Å². The average molecular weight is 302 g/mol. The first-order valence-electron chi connectivity index (χ1n) is 5.28. The van der Waals surface area contributed by atoms with E-state index >= 15 is 0 Å². The molecule has 0 saturated heterocycles. The van der Waals surface area contributed by atoms with Crippen LogP contribution in [0.2, 0.25) is 0 Å². The fourth-order valence-electron chi connectivity index (χ4n) is 1.29. The van der Waals surface area contributed by atoms with Crippen molar-refractivity contribution in [2.45, 2.75) is 18.7 Å². The van der Waals surface area contributed by atoms with Crippen molar-refractivity contribution in [3.05, 3.63) is 18.2 Å². The van der Waals surface area contributed by atoms with Crippen molar-refractivity contribution in [3.8, 4) is 11.5 Å². The fraction of sp³-hybridized carbons (Fsp3) is 0.417. The van der Waals surface area contributed by atoms with Crippen LogP contribution in [0.5, 0.6) is 11.5 Å². The summed E-state index contributed by atoms with van der Waals surface area (Å²) >= 11 is 3.30. The molecule has 0 bridgehead atoms. The molecule has 0 heterocycles. The normalized spacial score (nSPS) is 12.3. The molecule has 1 amide bonds. The lowest BCUT2D eigenvalue weighted by atomic mass is 10.1. The maximum Gasteiger partial charge on any atom is 0.238 e. The molecular weight excluding hydrogens is 286 g/mol. The van der Waals surface area contributed by atoms with E-state index < -0.39 is 0 Å². The molecule has 0 aliphatic carbocycles. The van der Waals surface area contributed by atoms with E-state index in [4.69, 9.17) is 4.74 Å². The van der Waals surface area contributed by atoms with Crippen molar-refractivity contribution >= 4 is 27.5 Å². The summed E-state index contributed by atoms with van der Waals surface area (Å²) in [7, 11) is 1.46. The molecule has 94 valence electrons. The molecule has 2 N–H and O–H groups in total. The van der Waals surface area contributed by atoms with Gasteiger partial charge in [0, 0.05) is 0 Å². The first-order valence-corrected chi connectivity index (χ1v) is 6.19. The number of phenols is 1. The van der Waals surface area contributed by atoms with Crippen LogP contribution < -0.4 is 10.1 Å². The molecule has 0 radical (unpaired) electrons. The summed E-state index contributed by atoms with van der Waals surface area (Å²) in [5.41, 5.74) is 0.347. The van der Waals surface area contributed by atoms with Gasteiger partial charge in [0.05, 0.1) is 17.6 Å². The maximum atomic E-state index is 11.8. The smallest absolute Gasteiger partial charge is 0.238 e. The Balaban J connectivity index is 2.85. The second-order valence-corrected chi connectivity index (χ2v) is 4.98. The number of benzene rings is 1. The maximum absolute atomic E-state index is 11.8. The van der Waals surface area contributed by atoms with Crippen LogP contribution >= 0.6 is 15.9 Å². The molecule has 0 spiro atoms. The fourth-order valence-corrected chi connectivity index (χ4v) is 1.41. The first kappa shape index (κ1) is 13.8. The zero-order valence-corrected chi connectivity index (χ0v) is 11.6. The van der Waals surface area contributed by atoms with Gasteiger partial charge in [-0.2, -0.15) is 0 Å².